The van der Waals surface area contributed by atoms with E-state index in [0.29, 0.717) is 6.04 Å². The number of hydrogen-bond acceptors (Lipinski definition) is 1. The zero-order valence-corrected chi connectivity index (χ0v) is 17.4. The molecule has 0 unspecified atom stereocenters. The molecule has 24 heavy (non-hydrogen) atoms. The SMILES string of the molecule is Cc1ccc2c(c1)N(CC[C@@H]1CCCC[N-]1)c1ccccc1C2.[Y]. The third-order valence-electron chi connectivity index (χ3n) is 5.21. The number of nitrogens with zero attached hydrogens (tertiary/aromatic N) is 2. The minimum Gasteiger partial charge on any atom is -0.659 e. The number of anilines is 2. The van der Waals surface area contributed by atoms with Crippen molar-refractivity contribution in [1.82, 2.24) is 0 Å². The van der Waals surface area contributed by atoms with E-state index in [1.807, 2.05) is 0 Å². The van der Waals surface area contributed by atoms with Gasteiger partial charge in [0.2, 0.25) is 0 Å². The smallest absolute Gasteiger partial charge is 0.0449 e. The van der Waals surface area contributed by atoms with Gasteiger partial charge in [-0.25, -0.2) is 0 Å². The quantitative estimate of drug-likeness (QED) is 0.686. The van der Waals surface area contributed by atoms with E-state index in [0.717, 1.165) is 19.5 Å². The molecule has 0 spiro atoms. The van der Waals surface area contributed by atoms with E-state index in [4.69, 9.17) is 5.32 Å². The van der Waals surface area contributed by atoms with E-state index >= 15 is 0 Å². The number of para-hydroxylation sites is 1. The van der Waals surface area contributed by atoms with Crippen molar-refractivity contribution in [2.24, 2.45) is 0 Å². The Morgan fingerprint density at radius 2 is 1.88 bits per heavy atom. The van der Waals surface area contributed by atoms with E-state index in [-0.39, 0.29) is 32.7 Å². The third-order valence-corrected chi connectivity index (χ3v) is 5.21. The van der Waals surface area contributed by atoms with Crippen LogP contribution >= 0.6 is 0 Å². The molecule has 0 saturated carbocycles. The molecular formula is C21H25N2Y-. The maximum atomic E-state index is 4.82. The molecular weight excluding hydrogens is 369 g/mol. The minimum absolute atomic E-state index is 0. The standard InChI is InChI=1S/C21H25N2.Y/c1-16-9-10-18-15-17-6-2-3-8-20(17)23(21(18)14-16)13-11-19-7-4-5-12-22-19;/h2-3,6,8-10,14,19H,4-5,7,11-13,15H2,1H3;/q-1;/t19-;/m0./s1. The summed E-state index contributed by atoms with van der Waals surface area (Å²) in [5, 5.41) is 4.82. The maximum absolute atomic E-state index is 4.82. The van der Waals surface area contributed by atoms with Crippen molar-refractivity contribution < 1.29 is 32.7 Å². The van der Waals surface area contributed by atoms with Gasteiger partial charge < -0.3 is 10.2 Å². The van der Waals surface area contributed by atoms with Gasteiger partial charge in [-0.2, -0.15) is 0 Å². The second kappa shape index (κ2) is 8.12. The predicted octanol–water partition coefficient (Wildman–Crippen LogP) is 5.35. The van der Waals surface area contributed by atoms with Crippen molar-refractivity contribution >= 4 is 11.4 Å². The van der Waals surface area contributed by atoms with Crippen LogP contribution in [0.1, 0.15) is 42.4 Å². The van der Waals surface area contributed by atoms with E-state index < -0.39 is 0 Å². The predicted molar refractivity (Wildman–Crippen MR) is 97.9 cm³/mol. The molecule has 123 valence electrons. The number of benzene rings is 2. The van der Waals surface area contributed by atoms with Crippen molar-refractivity contribution in [2.45, 2.75) is 45.1 Å². The molecule has 0 amide bonds. The molecule has 0 aromatic heterocycles. The molecule has 2 aliphatic rings. The van der Waals surface area contributed by atoms with Crippen molar-refractivity contribution in [2.75, 3.05) is 18.0 Å². The number of piperidine rings is 1. The summed E-state index contributed by atoms with van der Waals surface area (Å²) in [7, 11) is 0. The summed E-state index contributed by atoms with van der Waals surface area (Å²) >= 11 is 0. The van der Waals surface area contributed by atoms with Gasteiger partial charge in [0.15, 0.2) is 0 Å². The van der Waals surface area contributed by atoms with Gasteiger partial charge in [-0.3, -0.25) is 0 Å². The van der Waals surface area contributed by atoms with E-state index in [1.54, 1.807) is 0 Å². The van der Waals surface area contributed by atoms with Gasteiger partial charge in [0.1, 0.15) is 0 Å². The first-order valence-electron chi connectivity index (χ1n) is 8.93. The van der Waals surface area contributed by atoms with Crippen molar-refractivity contribution in [1.29, 1.82) is 0 Å². The fourth-order valence-corrected chi connectivity index (χ4v) is 3.94. The molecule has 1 radical (unpaired) electrons. The second-order valence-corrected chi connectivity index (χ2v) is 6.93. The van der Waals surface area contributed by atoms with Gasteiger partial charge in [0, 0.05) is 57.0 Å². The third kappa shape index (κ3) is 3.76. The Balaban J connectivity index is 0.00000169. The number of fused-ring (bicyclic) bond motifs is 2. The largest absolute Gasteiger partial charge is 0.659 e. The molecule has 1 atom stereocenters. The van der Waals surface area contributed by atoms with Crippen LogP contribution in [-0.4, -0.2) is 19.1 Å². The monoisotopic (exact) mass is 394 g/mol. The van der Waals surface area contributed by atoms with Crippen molar-refractivity contribution in [3.05, 3.63) is 64.5 Å². The summed E-state index contributed by atoms with van der Waals surface area (Å²) in [5.41, 5.74) is 7.04. The Kier molecular flexibility index (Phi) is 6.13. The van der Waals surface area contributed by atoms with Gasteiger partial charge >= 0.3 is 0 Å². The first kappa shape index (κ1) is 18.1. The van der Waals surface area contributed by atoms with Gasteiger partial charge in [-0.1, -0.05) is 56.0 Å². The van der Waals surface area contributed by atoms with Crippen LogP contribution in [0.4, 0.5) is 11.4 Å². The first-order chi connectivity index (χ1) is 11.3. The van der Waals surface area contributed by atoms with Crippen molar-refractivity contribution in [3.63, 3.8) is 0 Å². The Morgan fingerprint density at radius 1 is 1.04 bits per heavy atom. The van der Waals surface area contributed by atoms with E-state index in [1.165, 1.54) is 53.7 Å². The zero-order chi connectivity index (χ0) is 15.6. The molecule has 4 rings (SSSR count). The molecule has 2 aromatic carbocycles. The Morgan fingerprint density at radius 3 is 2.71 bits per heavy atom. The van der Waals surface area contributed by atoms with Crippen LogP contribution in [0.2, 0.25) is 0 Å². The molecule has 2 heterocycles. The van der Waals surface area contributed by atoms with Crippen molar-refractivity contribution in [3.8, 4) is 0 Å². The van der Waals surface area contributed by atoms with Gasteiger partial charge in [0.05, 0.1) is 0 Å². The molecule has 2 aromatic rings. The van der Waals surface area contributed by atoms with Crippen LogP contribution in [0.3, 0.4) is 0 Å². The van der Waals surface area contributed by atoms with Gasteiger partial charge in [-0.15, -0.1) is 12.6 Å². The molecule has 2 aliphatic heterocycles. The Hall–Kier alpha value is -0.696. The summed E-state index contributed by atoms with van der Waals surface area (Å²) < 4.78 is 0. The summed E-state index contributed by atoms with van der Waals surface area (Å²) in [6.45, 7) is 4.33. The fraction of sp³-hybridized carbons (Fsp3) is 0.429. The zero-order valence-electron chi connectivity index (χ0n) is 14.5. The van der Waals surface area contributed by atoms with E-state index in [9.17, 15) is 0 Å². The van der Waals surface area contributed by atoms with E-state index in [2.05, 4.69) is 54.3 Å². The molecule has 2 nitrogen and oxygen atoms in total. The Labute approximate surface area is 170 Å². The molecule has 0 N–H and O–H groups in total. The van der Waals surface area contributed by atoms with Crippen LogP contribution in [0, 0.1) is 6.92 Å². The first-order valence-corrected chi connectivity index (χ1v) is 8.93. The molecule has 3 heteroatoms. The van der Waals surface area contributed by atoms with Crippen LogP contribution in [0.5, 0.6) is 0 Å². The molecule has 1 fully saturated rings. The molecule has 1 saturated heterocycles. The van der Waals surface area contributed by atoms with Crippen LogP contribution < -0.4 is 4.90 Å². The summed E-state index contributed by atoms with van der Waals surface area (Å²) in [6, 6.07) is 16.3. The summed E-state index contributed by atoms with van der Waals surface area (Å²) in [5.74, 6) is 0. The van der Waals surface area contributed by atoms with Gasteiger partial charge in [0.25, 0.3) is 0 Å². The average molecular weight is 394 g/mol. The van der Waals surface area contributed by atoms with Gasteiger partial charge in [-0.05, 0) is 35.7 Å². The normalized spacial score (nSPS) is 19.2. The second-order valence-electron chi connectivity index (χ2n) is 6.93. The number of aryl methyl sites for hydroxylation is 1. The summed E-state index contributed by atoms with van der Waals surface area (Å²) in [4.78, 5) is 2.53. The topological polar surface area (TPSA) is 17.3 Å². The fourth-order valence-electron chi connectivity index (χ4n) is 3.94. The molecule has 0 bridgehead atoms. The maximum Gasteiger partial charge on any atom is 0.0449 e. The number of rotatable bonds is 3. The average Bonchev–Trinajstić information content (AvgIpc) is 2.60. The number of hydrogen-bond donors (Lipinski definition) is 0. The molecule has 0 aliphatic carbocycles. The summed E-state index contributed by atoms with van der Waals surface area (Å²) in [6.07, 6.45) is 6.12. The van der Waals surface area contributed by atoms with Crippen LogP contribution in [0.15, 0.2) is 42.5 Å². The van der Waals surface area contributed by atoms with Crippen LogP contribution in [0.25, 0.3) is 5.32 Å². The van der Waals surface area contributed by atoms with Crippen LogP contribution in [-0.2, 0) is 39.1 Å². The minimum atomic E-state index is 0. The Bertz CT molecular complexity index is 692.